The van der Waals surface area contributed by atoms with Crippen molar-refractivity contribution in [2.75, 3.05) is 0 Å². The zero-order valence-electron chi connectivity index (χ0n) is 12.4. The molecule has 104 valence electrons. The molecular weight excluding hydrogens is 254 g/mol. The normalized spacial score (nSPS) is 13.7. The first-order valence-electron chi connectivity index (χ1n) is 6.67. The molecule has 0 radical (unpaired) electrons. The van der Waals surface area contributed by atoms with E-state index < -0.39 is 0 Å². The van der Waals surface area contributed by atoms with Gasteiger partial charge in [0.1, 0.15) is 0 Å². The summed E-state index contributed by atoms with van der Waals surface area (Å²) in [6, 6.07) is 4.66. The molecule has 4 heteroatoms. The van der Waals surface area contributed by atoms with E-state index in [-0.39, 0.29) is 5.41 Å². The Morgan fingerprint density at radius 3 is 2.74 bits per heavy atom. The average molecular weight is 277 g/mol. The monoisotopic (exact) mass is 277 g/mol. The number of nitrogens with one attached hydrogen (secondary N) is 1. The van der Waals surface area contributed by atoms with Crippen LogP contribution in [0.3, 0.4) is 0 Å². The van der Waals surface area contributed by atoms with Crippen molar-refractivity contribution in [1.29, 1.82) is 0 Å². The highest BCUT2D eigenvalue weighted by atomic mass is 32.1. The Balaban J connectivity index is 2.08. The molecule has 0 saturated heterocycles. The van der Waals surface area contributed by atoms with Gasteiger partial charge < -0.3 is 5.32 Å². The standard InChI is InChI=1S/C15H23N3S/c1-11(13-7-6-8-19-13)16-9-12-10-18(5)17-14(12)15(2,3)4/h6-8,10-11,16H,9H2,1-5H3. The fourth-order valence-corrected chi connectivity index (χ4v) is 2.96. The molecule has 0 aliphatic carbocycles. The van der Waals surface area contributed by atoms with Gasteiger partial charge in [0, 0.05) is 41.7 Å². The van der Waals surface area contributed by atoms with Gasteiger partial charge in [-0.05, 0) is 18.4 Å². The van der Waals surface area contributed by atoms with Crippen molar-refractivity contribution in [2.24, 2.45) is 7.05 Å². The maximum absolute atomic E-state index is 4.60. The fourth-order valence-electron chi connectivity index (χ4n) is 2.20. The highest BCUT2D eigenvalue weighted by Crippen LogP contribution is 2.25. The van der Waals surface area contributed by atoms with E-state index in [1.165, 1.54) is 16.1 Å². The van der Waals surface area contributed by atoms with E-state index in [0.717, 1.165) is 6.54 Å². The van der Waals surface area contributed by atoms with Crippen LogP contribution in [0.2, 0.25) is 0 Å². The lowest BCUT2D eigenvalue weighted by Gasteiger charge is -2.19. The minimum absolute atomic E-state index is 0.0877. The molecule has 1 unspecified atom stereocenters. The van der Waals surface area contributed by atoms with Gasteiger partial charge in [-0.15, -0.1) is 11.3 Å². The van der Waals surface area contributed by atoms with E-state index in [9.17, 15) is 0 Å². The molecule has 1 N–H and O–H groups in total. The van der Waals surface area contributed by atoms with Crippen molar-refractivity contribution >= 4 is 11.3 Å². The first-order chi connectivity index (χ1) is 8.88. The molecule has 2 rings (SSSR count). The van der Waals surface area contributed by atoms with Crippen molar-refractivity contribution in [2.45, 2.75) is 45.7 Å². The highest BCUT2D eigenvalue weighted by molar-refractivity contribution is 7.10. The summed E-state index contributed by atoms with van der Waals surface area (Å²) in [5.74, 6) is 0. The lowest BCUT2D eigenvalue weighted by molar-refractivity contribution is 0.533. The topological polar surface area (TPSA) is 29.9 Å². The molecule has 3 nitrogen and oxygen atoms in total. The molecule has 2 aromatic rings. The summed E-state index contributed by atoms with van der Waals surface area (Å²) in [5, 5.41) is 10.3. The summed E-state index contributed by atoms with van der Waals surface area (Å²) in [7, 11) is 1.99. The van der Waals surface area contributed by atoms with Crippen LogP contribution in [0.5, 0.6) is 0 Å². The number of aromatic nitrogens is 2. The van der Waals surface area contributed by atoms with Crippen LogP contribution >= 0.6 is 11.3 Å². The van der Waals surface area contributed by atoms with Gasteiger partial charge >= 0.3 is 0 Å². The smallest absolute Gasteiger partial charge is 0.0722 e. The molecule has 0 aliphatic heterocycles. The molecule has 1 atom stereocenters. The molecule has 0 amide bonds. The van der Waals surface area contributed by atoms with Gasteiger partial charge in [-0.3, -0.25) is 4.68 Å². The second kappa shape index (κ2) is 5.47. The molecular formula is C15H23N3S. The second-order valence-electron chi connectivity index (χ2n) is 6.04. The number of thiophene rings is 1. The van der Waals surface area contributed by atoms with Gasteiger partial charge in [-0.1, -0.05) is 26.8 Å². The molecule has 0 fully saturated rings. The van der Waals surface area contributed by atoms with Gasteiger partial charge in [0.25, 0.3) is 0 Å². The number of rotatable bonds is 4. The molecule has 0 aliphatic rings. The number of hydrogen-bond donors (Lipinski definition) is 1. The zero-order valence-corrected chi connectivity index (χ0v) is 13.2. The van der Waals surface area contributed by atoms with Gasteiger partial charge in [-0.2, -0.15) is 5.10 Å². The van der Waals surface area contributed by atoms with Gasteiger partial charge in [-0.25, -0.2) is 0 Å². The molecule has 0 bridgehead atoms. The van der Waals surface area contributed by atoms with Crippen LogP contribution in [0.1, 0.15) is 49.9 Å². The van der Waals surface area contributed by atoms with Crippen molar-refractivity contribution < 1.29 is 0 Å². The van der Waals surface area contributed by atoms with E-state index in [4.69, 9.17) is 0 Å². The predicted molar refractivity (Wildman–Crippen MR) is 81.5 cm³/mol. The van der Waals surface area contributed by atoms with E-state index in [0.29, 0.717) is 6.04 Å². The van der Waals surface area contributed by atoms with Crippen LogP contribution < -0.4 is 5.32 Å². The quantitative estimate of drug-likeness (QED) is 0.925. The average Bonchev–Trinajstić information content (AvgIpc) is 2.93. The van der Waals surface area contributed by atoms with Crippen LogP contribution in [-0.4, -0.2) is 9.78 Å². The van der Waals surface area contributed by atoms with E-state index >= 15 is 0 Å². The summed E-state index contributed by atoms with van der Waals surface area (Å²) >= 11 is 1.80. The summed E-state index contributed by atoms with van der Waals surface area (Å²) in [6.07, 6.45) is 2.12. The Labute approximate surface area is 119 Å². The molecule has 0 saturated carbocycles. The van der Waals surface area contributed by atoms with E-state index in [1.807, 2.05) is 11.7 Å². The highest BCUT2D eigenvalue weighted by Gasteiger charge is 2.21. The van der Waals surface area contributed by atoms with Crippen LogP contribution in [0.4, 0.5) is 0 Å². The van der Waals surface area contributed by atoms with Crippen LogP contribution in [-0.2, 0) is 19.0 Å². The first kappa shape index (κ1) is 14.3. The fraction of sp³-hybridized carbons (Fsp3) is 0.533. The number of aryl methyl sites for hydroxylation is 1. The maximum atomic E-state index is 4.60. The van der Waals surface area contributed by atoms with Gasteiger partial charge in [0.2, 0.25) is 0 Å². The summed E-state index contributed by atoms with van der Waals surface area (Å²) < 4.78 is 1.91. The van der Waals surface area contributed by atoms with Gasteiger partial charge in [0.15, 0.2) is 0 Å². The largest absolute Gasteiger partial charge is 0.305 e. The molecule has 2 heterocycles. The summed E-state index contributed by atoms with van der Waals surface area (Å²) in [6.45, 7) is 9.70. The van der Waals surface area contributed by atoms with Crippen LogP contribution in [0.25, 0.3) is 0 Å². The third kappa shape index (κ3) is 3.45. The van der Waals surface area contributed by atoms with Crippen LogP contribution in [0.15, 0.2) is 23.7 Å². The third-order valence-electron chi connectivity index (χ3n) is 3.18. The van der Waals surface area contributed by atoms with Crippen molar-refractivity contribution in [3.05, 3.63) is 39.8 Å². The Bertz CT molecular complexity index is 520. The van der Waals surface area contributed by atoms with Crippen LogP contribution in [0, 0.1) is 0 Å². The lowest BCUT2D eigenvalue weighted by Crippen LogP contribution is -2.21. The van der Waals surface area contributed by atoms with Crippen molar-refractivity contribution in [3.8, 4) is 0 Å². The Morgan fingerprint density at radius 2 is 2.16 bits per heavy atom. The number of hydrogen-bond acceptors (Lipinski definition) is 3. The summed E-state index contributed by atoms with van der Waals surface area (Å²) in [5.41, 5.74) is 2.56. The predicted octanol–water partition coefficient (Wildman–Crippen LogP) is 3.63. The van der Waals surface area contributed by atoms with Crippen molar-refractivity contribution in [1.82, 2.24) is 15.1 Å². The Morgan fingerprint density at radius 1 is 1.42 bits per heavy atom. The first-order valence-corrected chi connectivity index (χ1v) is 7.55. The minimum atomic E-state index is 0.0877. The summed E-state index contributed by atoms with van der Waals surface area (Å²) in [4.78, 5) is 1.38. The Kier molecular flexibility index (Phi) is 4.11. The zero-order chi connectivity index (χ0) is 14.0. The Hall–Kier alpha value is -1.13. The number of nitrogens with zero attached hydrogens (tertiary/aromatic N) is 2. The maximum Gasteiger partial charge on any atom is 0.0722 e. The molecule has 0 spiro atoms. The lowest BCUT2D eigenvalue weighted by atomic mass is 9.89. The van der Waals surface area contributed by atoms with Gasteiger partial charge in [0.05, 0.1) is 5.69 Å². The molecule has 19 heavy (non-hydrogen) atoms. The third-order valence-corrected chi connectivity index (χ3v) is 4.24. The molecule has 0 aromatic carbocycles. The SMILES string of the molecule is CC(NCc1cn(C)nc1C(C)(C)C)c1cccs1. The van der Waals surface area contributed by atoms with Crippen molar-refractivity contribution in [3.63, 3.8) is 0 Å². The molecule has 2 aromatic heterocycles. The second-order valence-corrected chi connectivity index (χ2v) is 7.02. The van der Waals surface area contributed by atoms with E-state index in [1.54, 1.807) is 11.3 Å². The van der Waals surface area contributed by atoms with E-state index in [2.05, 4.69) is 61.8 Å². The minimum Gasteiger partial charge on any atom is -0.305 e.